The lowest BCUT2D eigenvalue weighted by Crippen LogP contribution is -2.35. The monoisotopic (exact) mass is 315 g/mol. The van der Waals surface area contributed by atoms with Gasteiger partial charge < -0.3 is 10.1 Å². The van der Waals surface area contributed by atoms with Gasteiger partial charge in [0.25, 0.3) is 0 Å². The highest BCUT2D eigenvalue weighted by Gasteiger charge is 2.27. The van der Waals surface area contributed by atoms with E-state index < -0.39 is 0 Å². The van der Waals surface area contributed by atoms with Gasteiger partial charge in [0, 0.05) is 20.2 Å². The van der Waals surface area contributed by atoms with E-state index in [-0.39, 0.29) is 5.41 Å². The average molecular weight is 316 g/mol. The van der Waals surface area contributed by atoms with E-state index in [4.69, 9.17) is 16.3 Å². The molecule has 0 bridgehead atoms. The first kappa shape index (κ1) is 18.5. The summed E-state index contributed by atoms with van der Waals surface area (Å²) in [6, 6.07) is 0. The molecule has 1 rings (SSSR count). The predicted octanol–water partition coefficient (Wildman–Crippen LogP) is 3.31. The summed E-state index contributed by atoms with van der Waals surface area (Å²) in [5, 5.41) is 8.82. The Labute approximate surface area is 134 Å². The van der Waals surface area contributed by atoms with Crippen LogP contribution in [-0.4, -0.2) is 36.6 Å². The number of aromatic nitrogens is 2. The molecule has 1 aromatic rings. The highest BCUT2D eigenvalue weighted by molar-refractivity contribution is 6.31. The first-order valence-corrected chi connectivity index (χ1v) is 8.10. The van der Waals surface area contributed by atoms with Gasteiger partial charge in [-0.1, -0.05) is 32.4 Å². The number of ether oxygens (including phenoxy) is 1. The van der Waals surface area contributed by atoms with Gasteiger partial charge in [-0.2, -0.15) is 5.10 Å². The normalized spacial score (nSPS) is 13.7. The SMILES string of the molecule is CCn1nc(C)c(Cl)c1CC(CNCCOC)C(C)(C)C. The topological polar surface area (TPSA) is 39.1 Å². The highest BCUT2D eigenvalue weighted by Crippen LogP contribution is 2.31. The van der Waals surface area contributed by atoms with Crippen LogP contribution in [0, 0.1) is 18.3 Å². The molecule has 1 heterocycles. The van der Waals surface area contributed by atoms with E-state index in [0.29, 0.717) is 5.92 Å². The van der Waals surface area contributed by atoms with E-state index in [2.05, 4.69) is 38.1 Å². The molecule has 21 heavy (non-hydrogen) atoms. The molecule has 0 amide bonds. The van der Waals surface area contributed by atoms with E-state index in [0.717, 1.165) is 49.1 Å². The second-order valence-electron chi connectivity index (χ2n) is 6.63. The van der Waals surface area contributed by atoms with Gasteiger partial charge in [-0.05, 0) is 38.1 Å². The molecule has 5 heteroatoms. The number of rotatable bonds is 8. The van der Waals surface area contributed by atoms with Crippen LogP contribution in [-0.2, 0) is 17.7 Å². The fourth-order valence-corrected chi connectivity index (χ4v) is 2.64. The summed E-state index contributed by atoms with van der Waals surface area (Å²) >= 11 is 6.45. The van der Waals surface area contributed by atoms with Crippen LogP contribution < -0.4 is 5.32 Å². The summed E-state index contributed by atoms with van der Waals surface area (Å²) in [5.41, 5.74) is 2.29. The van der Waals surface area contributed by atoms with Crippen molar-refractivity contribution >= 4 is 11.6 Å². The Hall–Kier alpha value is -0.580. The number of nitrogens with zero attached hydrogens (tertiary/aromatic N) is 2. The summed E-state index contributed by atoms with van der Waals surface area (Å²) < 4.78 is 7.12. The third kappa shape index (κ3) is 5.28. The molecular formula is C16H30ClN3O. The van der Waals surface area contributed by atoms with E-state index in [1.54, 1.807) is 7.11 Å². The zero-order valence-electron chi connectivity index (χ0n) is 14.3. The van der Waals surface area contributed by atoms with Gasteiger partial charge in [-0.25, -0.2) is 0 Å². The number of aryl methyl sites for hydroxylation is 2. The van der Waals surface area contributed by atoms with Crippen LogP contribution in [0.15, 0.2) is 0 Å². The molecule has 0 spiro atoms. The summed E-state index contributed by atoms with van der Waals surface area (Å²) in [5.74, 6) is 0.494. The molecular weight excluding hydrogens is 286 g/mol. The third-order valence-electron chi connectivity index (χ3n) is 3.99. The Morgan fingerprint density at radius 2 is 2.05 bits per heavy atom. The summed E-state index contributed by atoms with van der Waals surface area (Å²) in [4.78, 5) is 0. The molecule has 0 saturated heterocycles. The van der Waals surface area contributed by atoms with Crippen molar-refractivity contribution in [2.45, 2.75) is 47.6 Å². The van der Waals surface area contributed by atoms with Crippen LogP contribution in [0.2, 0.25) is 5.02 Å². The molecule has 1 atom stereocenters. The predicted molar refractivity (Wildman–Crippen MR) is 89.0 cm³/mol. The second-order valence-corrected chi connectivity index (χ2v) is 7.00. The van der Waals surface area contributed by atoms with Crippen LogP contribution in [0.25, 0.3) is 0 Å². The molecule has 0 aliphatic rings. The van der Waals surface area contributed by atoms with Crippen LogP contribution in [0.4, 0.5) is 0 Å². The van der Waals surface area contributed by atoms with Crippen molar-refractivity contribution in [2.24, 2.45) is 11.3 Å². The zero-order valence-corrected chi connectivity index (χ0v) is 15.0. The van der Waals surface area contributed by atoms with Crippen molar-refractivity contribution in [2.75, 3.05) is 26.8 Å². The molecule has 122 valence electrons. The number of halogens is 1. The number of methoxy groups -OCH3 is 1. The number of hydrogen-bond acceptors (Lipinski definition) is 3. The second kappa shape index (κ2) is 8.16. The molecule has 0 saturated carbocycles. The minimum atomic E-state index is 0.208. The van der Waals surface area contributed by atoms with Crippen LogP contribution in [0.5, 0.6) is 0 Å². The number of hydrogen-bond donors (Lipinski definition) is 1. The average Bonchev–Trinajstić information content (AvgIpc) is 2.68. The van der Waals surface area contributed by atoms with Gasteiger partial charge in [-0.15, -0.1) is 0 Å². The maximum Gasteiger partial charge on any atom is 0.0847 e. The lowest BCUT2D eigenvalue weighted by molar-refractivity contribution is 0.185. The Kier molecular flexibility index (Phi) is 7.17. The van der Waals surface area contributed by atoms with Crippen molar-refractivity contribution < 1.29 is 4.74 Å². The molecule has 0 radical (unpaired) electrons. The van der Waals surface area contributed by atoms with Gasteiger partial charge in [0.05, 0.1) is 23.0 Å². The largest absolute Gasteiger partial charge is 0.383 e. The van der Waals surface area contributed by atoms with E-state index in [1.165, 1.54) is 0 Å². The Bertz CT molecular complexity index is 437. The summed E-state index contributed by atoms with van der Waals surface area (Å²) in [6.07, 6.45) is 0.941. The van der Waals surface area contributed by atoms with Gasteiger partial charge in [0.2, 0.25) is 0 Å². The lowest BCUT2D eigenvalue weighted by Gasteiger charge is -2.31. The maximum atomic E-state index is 6.45. The summed E-state index contributed by atoms with van der Waals surface area (Å²) in [7, 11) is 1.73. The maximum absolute atomic E-state index is 6.45. The lowest BCUT2D eigenvalue weighted by atomic mass is 9.78. The smallest absolute Gasteiger partial charge is 0.0847 e. The Morgan fingerprint density at radius 3 is 2.57 bits per heavy atom. The molecule has 0 aromatic carbocycles. The van der Waals surface area contributed by atoms with Gasteiger partial charge >= 0.3 is 0 Å². The molecule has 0 aliphatic heterocycles. The van der Waals surface area contributed by atoms with E-state index in [9.17, 15) is 0 Å². The molecule has 1 aromatic heterocycles. The molecule has 1 unspecified atom stereocenters. The molecule has 0 fully saturated rings. The third-order valence-corrected chi connectivity index (χ3v) is 4.48. The Balaban J connectivity index is 2.82. The fourth-order valence-electron chi connectivity index (χ4n) is 2.43. The van der Waals surface area contributed by atoms with Crippen LogP contribution >= 0.6 is 11.6 Å². The zero-order chi connectivity index (χ0) is 16.0. The fraction of sp³-hybridized carbons (Fsp3) is 0.812. The van der Waals surface area contributed by atoms with Crippen molar-refractivity contribution in [1.29, 1.82) is 0 Å². The first-order chi connectivity index (χ1) is 9.81. The first-order valence-electron chi connectivity index (χ1n) is 7.72. The van der Waals surface area contributed by atoms with Gasteiger partial charge in [0.1, 0.15) is 0 Å². The quantitative estimate of drug-likeness (QED) is 0.748. The van der Waals surface area contributed by atoms with Crippen molar-refractivity contribution in [3.05, 3.63) is 16.4 Å². The van der Waals surface area contributed by atoms with E-state index >= 15 is 0 Å². The Morgan fingerprint density at radius 1 is 1.38 bits per heavy atom. The molecule has 4 nitrogen and oxygen atoms in total. The van der Waals surface area contributed by atoms with E-state index in [1.807, 2.05) is 11.6 Å². The molecule has 0 aliphatic carbocycles. The highest BCUT2D eigenvalue weighted by atomic mass is 35.5. The van der Waals surface area contributed by atoms with Crippen molar-refractivity contribution in [3.8, 4) is 0 Å². The minimum Gasteiger partial charge on any atom is -0.383 e. The minimum absolute atomic E-state index is 0.208. The van der Waals surface area contributed by atoms with Crippen LogP contribution in [0.1, 0.15) is 39.1 Å². The van der Waals surface area contributed by atoms with Crippen molar-refractivity contribution in [3.63, 3.8) is 0 Å². The van der Waals surface area contributed by atoms with Gasteiger partial charge in [0.15, 0.2) is 0 Å². The number of nitrogens with one attached hydrogen (secondary N) is 1. The van der Waals surface area contributed by atoms with Gasteiger partial charge in [-0.3, -0.25) is 4.68 Å². The standard InChI is InChI=1S/C16H30ClN3O/c1-7-20-14(15(17)12(2)19-20)10-13(16(3,4)5)11-18-8-9-21-6/h13,18H,7-11H2,1-6H3. The molecule has 1 N–H and O–H groups in total. The summed E-state index contributed by atoms with van der Waals surface area (Å²) in [6.45, 7) is 14.4. The van der Waals surface area contributed by atoms with Crippen molar-refractivity contribution in [1.82, 2.24) is 15.1 Å². The van der Waals surface area contributed by atoms with Crippen LogP contribution in [0.3, 0.4) is 0 Å².